The highest BCUT2D eigenvalue weighted by atomic mass is 16.4. The predicted molar refractivity (Wildman–Crippen MR) is 57.3 cm³/mol. The van der Waals surface area contributed by atoms with Crippen LogP contribution in [-0.2, 0) is 9.59 Å². The van der Waals surface area contributed by atoms with Crippen LogP contribution in [0.5, 0.6) is 0 Å². The van der Waals surface area contributed by atoms with Crippen molar-refractivity contribution < 1.29 is 14.7 Å². The highest BCUT2D eigenvalue weighted by molar-refractivity contribution is 5.79. The lowest BCUT2D eigenvalue weighted by Crippen LogP contribution is -2.63. The molecule has 0 saturated carbocycles. The number of carbonyl (C=O) groups is 2. The minimum Gasteiger partial charge on any atom is -0.481 e. The Hall–Kier alpha value is -1.10. The van der Waals surface area contributed by atoms with Gasteiger partial charge in [-0.15, -0.1) is 0 Å². The standard InChI is InChI=1S/C10H20N2O3/c1-7(13)12(5)10(4,6-11)9(2,3)8(14)15/h6,11H2,1-5H3,(H,14,15). The summed E-state index contributed by atoms with van der Waals surface area (Å²) in [7, 11) is 1.57. The molecule has 0 heterocycles. The van der Waals surface area contributed by atoms with Crippen molar-refractivity contribution in [1.82, 2.24) is 4.90 Å². The van der Waals surface area contributed by atoms with E-state index in [9.17, 15) is 9.59 Å². The van der Waals surface area contributed by atoms with E-state index in [0.29, 0.717) is 0 Å². The molecular formula is C10H20N2O3. The lowest BCUT2D eigenvalue weighted by atomic mass is 9.72. The van der Waals surface area contributed by atoms with Crippen molar-refractivity contribution in [3.8, 4) is 0 Å². The zero-order valence-corrected chi connectivity index (χ0v) is 10.00. The first-order valence-electron chi connectivity index (χ1n) is 4.79. The van der Waals surface area contributed by atoms with Gasteiger partial charge < -0.3 is 15.7 Å². The number of rotatable bonds is 4. The number of carbonyl (C=O) groups excluding carboxylic acids is 1. The molecule has 5 nitrogen and oxygen atoms in total. The third-order valence-electron chi connectivity index (χ3n) is 3.49. The first-order valence-corrected chi connectivity index (χ1v) is 4.79. The van der Waals surface area contributed by atoms with Gasteiger partial charge in [0.1, 0.15) is 0 Å². The van der Waals surface area contributed by atoms with Crippen LogP contribution in [0, 0.1) is 5.41 Å². The fourth-order valence-corrected chi connectivity index (χ4v) is 1.39. The van der Waals surface area contributed by atoms with Crippen LogP contribution >= 0.6 is 0 Å². The van der Waals surface area contributed by atoms with Crippen molar-refractivity contribution in [2.75, 3.05) is 13.6 Å². The lowest BCUT2D eigenvalue weighted by Gasteiger charge is -2.46. The molecule has 5 heteroatoms. The van der Waals surface area contributed by atoms with Crippen LogP contribution in [0.3, 0.4) is 0 Å². The van der Waals surface area contributed by atoms with Gasteiger partial charge in [-0.1, -0.05) is 0 Å². The van der Waals surface area contributed by atoms with Crippen molar-refractivity contribution in [3.05, 3.63) is 0 Å². The van der Waals surface area contributed by atoms with Crippen LogP contribution in [0.25, 0.3) is 0 Å². The normalized spacial score (nSPS) is 15.6. The van der Waals surface area contributed by atoms with Crippen molar-refractivity contribution in [3.63, 3.8) is 0 Å². The fraction of sp³-hybridized carbons (Fsp3) is 0.800. The first-order chi connectivity index (χ1) is 6.61. The van der Waals surface area contributed by atoms with Crippen LogP contribution in [-0.4, -0.2) is 41.0 Å². The van der Waals surface area contributed by atoms with Crippen molar-refractivity contribution in [2.45, 2.75) is 33.2 Å². The van der Waals surface area contributed by atoms with E-state index in [0.717, 1.165) is 0 Å². The molecule has 88 valence electrons. The quantitative estimate of drug-likeness (QED) is 0.707. The Morgan fingerprint density at radius 1 is 1.33 bits per heavy atom. The summed E-state index contributed by atoms with van der Waals surface area (Å²) < 4.78 is 0. The van der Waals surface area contributed by atoms with Gasteiger partial charge in [-0.2, -0.15) is 0 Å². The van der Waals surface area contributed by atoms with E-state index < -0.39 is 16.9 Å². The molecule has 0 bridgehead atoms. The van der Waals surface area contributed by atoms with Gasteiger partial charge in [0, 0.05) is 20.5 Å². The summed E-state index contributed by atoms with van der Waals surface area (Å²) in [6.07, 6.45) is 0. The van der Waals surface area contributed by atoms with E-state index in [-0.39, 0.29) is 12.5 Å². The smallest absolute Gasteiger partial charge is 0.311 e. The Morgan fingerprint density at radius 3 is 1.93 bits per heavy atom. The molecule has 3 N–H and O–H groups in total. The summed E-state index contributed by atoms with van der Waals surface area (Å²) in [5.74, 6) is -1.17. The van der Waals surface area contributed by atoms with Crippen LogP contribution in [0.15, 0.2) is 0 Å². The van der Waals surface area contributed by atoms with Gasteiger partial charge in [0.05, 0.1) is 11.0 Å². The molecule has 0 rings (SSSR count). The summed E-state index contributed by atoms with van der Waals surface area (Å²) >= 11 is 0. The number of amides is 1. The van der Waals surface area contributed by atoms with E-state index in [2.05, 4.69) is 0 Å². The molecule has 1 atom stereocenters. The number of aliphatic carboxylic acids is 1. The number of likely N-dealkylation sites (N-methyl/N-ethyl adjacent to an activating group) is 1. The van der Waals surface area contributed by atoms with E-state index in [1.807, 2.05) is 0 Å². The van der Waals surface area contributed by atoms with Gasteiger partial charge in [-0.3, -0.25) is 9.59 Å². The molecule has 1 unspecified atom stereocenters. The number of hydrogen-bond donors (Lipinski definition) is 2. The average Bonchev–Trinajstić information content (AvgIpc) is 2.14. The minimum atomic E-state index is -1.10. The molecule has 0 aromatic heterocycles. The molecule has 15 heavy (non-hydrogen) atoms. The largest absolute Gasteiger partial charge is 0.481 e. The molecule has 0 aliphatic rings. The van der Waals surface area contributed by atoms with Crippen molar-refractivity contribution in [1.29, 1.82) is 0 Å². The third-order valence-corrected chi connectivity index (χ3v) is 3.49. The summed E-state index contributed by atoms with van der Waals surface area (Å²) in [6.45, 7) is 6.32. The average molecular weight is 216 g/mol. The van der Waals surface area contributed by atoms with Gasteiger partial charge in [0.15, 0.2) is 0 Å². The topological polar surface area (TPSA) is 83.6 Å². The summed E-state index contributed by atoms with van der Waals surface area (Å²) in [5, 5.41) is 9.15. The second-order valence-corrected chi connectivity index (χ2v) is 4.49. The SMILES string of the molecule is CC(=O)N(C)C(C)(CN)C(C)(C)C(=O)O. The second-order valence-electron chi connectivity index (χ2n) is 4.49. The van der Waals surface area contributed by atoms with Gasteiger partial charge >= 0.3 is 5.97 Å². The van der Waals surface area contributed by atoms with E-state index in [4.69, 9.17) is 10.8 Å². The number of carboxylic acids is 1. The van der Waals surface area contributed by atoms with Crippen molar-refractivity contribution in [2.24, 2.45) is 11.1 Å². The highest BCUT2D eigenvalue weighted by Gasteiger charge is 2.49. The molecule has 0 aromatic carbocycles. The number of carboxylic acid groups (broad SMARTS) is 1. The first kappa shape index (κ1) is 13.9. The Morgan fingerprint density at radius 2 is 1.73 bits per heavy atom. The molecule has 0 spiro atoms. The second kappa shape index (κ2) is 4.18. The summed E-state index contributed by atoms with van der Waals surface area (Å²) in [6, 6.07) is 0. The van der Waals surface area contributed by atoms with Crippen molar-refractivity contribution >= 4 is 11.9 Å². The zero-order chi connectivity index (χ0) is 12.4. The maximum atomic E-state index is 11.3. The maximum absolute atomic E-state index is 11.3. The van der Waals surface area contributed by atoms with Gasteiger partial charge in [-0.25, -0.2) is 0 Å². The van der Waals surface area contributed by atoms with E-state index in [1.165, 1.54) is 11.8 Å². The van der Waals surface area contributed by atoms with Gasteiger partial charge in [0.25, 0.3) is 0 Å². The molecule has 1 amide bonds. The molecule has 0 radical (unpaired) electrons. The minimum absolute atomic E-state index is 0.0996. The van der Waals surface area contributed by atoms with Crippen LogP contribution in [0.2, 0.25) is 0 Å². The third kappa shape index (κ3) is 2.12. The predicted octanol–water partition coefficient (Wildman–Crippen LogP) is 0.293. The Balaban J connectivity index is 5.35. The van der Waals surface area contributed by atoms with E-state index in [1.54, 1.807) is 27.8 Å². The Bertz CT molecular complexity index is 276. The Kier molecular flexibility index (Phi) is 3.88. The Labute approximate surface area is 90.2 Å². The number of nitrogens with zero attached hydrogens (tertiary/aromatic N) is 1. The summed E-state index contributed by atoms with van der Waals surface area (Å²) in [4.78, 5) is 23.8. The maximum Gasteiger partial charge on any atom is 0.311 e. The van der Waals surface area contributed by atoms with Crippen LogP contribution in [0.4, 0.5) is 0 Å². The lowest BCUT2D eigenvalue weighted by molar-refractivity contribution is -0.158. The van der Waals surface area contributed by atoms with E-state index >= 15 is 0 Å². The molecule has 0 saturated heterocycles. The van der Waals surface area contributed by atoms with Gasteiger partial charge in [-0.05, 0) is 20.8 Å². The molecule has 0 aliphatic heterocycles. The zero-order valence-electron chi connectivity index (χ0n) is 10.00. The highest BCUT2D eigenvalue weighted by Crippen LogP contribution is 2.34. The van der Waals surface area contributed by atoms with Gasteiger partial charge in [0.2, 0.25) is 5.91 Å². The van der Waals surface area contributed by atoms with Crippen LogP contribution in [0.1, 0.15) is 27.7 Å². The van der Waals surface area contributed by atoms with Crippen LogP contribution < -0.4 is 5.73 Å². The monoisotopic (exact) mass is 216 g/mol. The molecule has 0 aromatic rings. The number of hydrogen-bond acceptors (Lipinski definition) is 3. The summed E-state index contributed by atoms with van der Waals surface area (Å²) in [5.41, 5.74) is 3.62. The molecule has 0 fully saturated rings. The molecular weight excluding hydrogens is 196 g/mol. The number of nitrogens with two attached hydrogens (primary N) is 1. The fourth-order valence-electron chi connectivity index (χ4n) is 1.39. The molecule has 0 aliphatic carbocycles.